The fraction of sp³-hybridized carbons (Fsp3) is 0.250. The van der Waals surface area contributed by atoms with Crippen molar-refractivity contribution in [2.75, 3.05) is 32.2 Å². The first-order valence-electron chi connectivity index (χ1n) is 10.2. The first-order chi connectivity index (χ1) is 15.1. The summed E-state index contributed by atoms with van der Waals surface area (Å²) in [4.78, 5) is 11.7. The highest BCUT2D eigenvalue weighted by Crippen LogP contribution is 2.34. The Labute approximate surface area is 182 Å². The first-order valence-corrected chi connectivity index (χ1v) is 10.2. The second kappa shape index (κ2) is 9.06. The van der Waals surface area contributed by atoms with Gasteiger partial charge in [0.15, 0.2) is 0 Å². The van der Waals surface area contributed by atoms with E-state index in [1.165, 1.54) is 0 Å². The first kappa shape index (κ1) is 20.7. The molecule has 4 rings (SSSR count). The second-order valence-electron chi connectivity index (χ2n) is 7.36. The lowest BCUT2D eigenvalue weighted by Gasteiger charge is -2.26. The van der Waals surface area contributed by atoms with Crippen LogP contribution in [0.3, 0.4) is 0 Å². The highest BCUT2D eigenvalue weighted by atomic mass is 16.5. The monoisotopic (exact) mass is 417 g/mol. The fourth-order valence-corrected chi connectivity index (χ4v) is 3.57. The van der Waals surface area contributed by atoms with Crippen LogP contribution in [-0.4, -0.2) is 41.8 Å². The third kappa shape index (κ3) is 4.46. The highest BCUT2D eigenvalue weighted by molar-refractivity contribution is 5.82. The van der Waals surface area contributed by atoms with Crippen molar-refractivity contribution in [3.05, 3.63) is 61.1 Å². The summed E-state index contributed by atoms with van der Waals surface area (Å²) in [6.07, 6.45) is 6.70. The van der Waals surface area contributed by atoms with Gasteiger partial charge in [-0.2, -0.15) is 0 Å². The van der Waals surface area contributed by atoms with Crippen LogP contribution in [0.5, 0.6) is 11.5 Å². The number of nitrogens with zero attached hydrogens (tertiary/aromatic N) is 4. The zero-order valence-corrected chi connectivity index (χ0v) is 18.1. The Morgan fingerprint density at radius 1 is 0.968 bits per heavy atom. The molecule has 0 fully saturated rings. The van der Waals surface area contributed by atoms with Crippen molar-refractivity contribution in [3.63, 3.8) is 0 Å². The average Bonchev–Trinajstić information content (AvgIpc) is 3.24. The van der Waals surface area contributed by atoms with Crippen LogP contribution in [0.4, 0.5) is 11.4 Å². The van der Waals surface area contributed by atoms with Crippen molar-refractivity contribution < 1.29 is 9.47 Å². The highest BCUT2D eigenvalue weighted by Gasteiger charge is 2.14. The molecule has 31 heavy (non-hydrogen) atoms. The zero-order valence-electron chi connectivity index (χ0n) is 18.1. The Morgan fingerprint density at radius 2 is 1.74 bits per heavy atom. The molecule has 2 N–H and O–H groups in total. The summed E-state index contributed by atoms with van der Waals surface area (Å²) >= 11 is 0. The molecule has 0 aliphatic rings. The van der Waals surface area contributed by atoms with Crippen LogP contribution in [0.15, 0.2) is 61.1 Å². The summed E-state index contributed by atoms with van der Waals surface area (Å²) in [6, 6.07) is 14.0. The van der Waals surface area contributed by atoms with Gasteiger partial charge in [0.05, 0.1) is 37.1 Å². The van der Waals surface area contributed by atoms with E-state index in [4.69, 9.17) is 20.2 Å². The van der Waals surface area contributed by atoms with Gasteiger partial charge in [-0.1, -0.05) is 0 Å². The Morgan fingerprint density at radius 3 is 2.39 bits per heavy atom. The summed E-state index contributed by atoms with van der Waals surface area (Å²) in [6.45, 7) is 1.35. The van der Waals surface area contributed by atoms with E-state index in [0.717, 1.165) is 58.1 Å². The lowest BCUT2D eigenvalue weighted by Crippen LogP contribution is -2.21. The van der Waals surface area contributed by atoms with Gasteiger partial charge >= 0.3 is 0 Å². The molecule has 0 spiro atoms. The second-order valence-corrected chi connectivity index (χ2v) is 7.36. The van der Waals surface area contributed by atoms with Crippen molar-refractivity contribution in [2.45, 2.75) is 6.42 Å². The summed E-state index contributed by atoms with van der Waals surface area (Å²) in [5, 5.41) is 0. The van der Waals surface area contributed by atoms with Crippen LogP contribution < -0.4 is 20.1 Å². The van der Waals surface area contributed by atoms with Crippen molar-refractivity contribution in [2.24, 2.45) is 12.8 Å². The van der Waals surface area contributed by atoms with Gasteiger partial charge in [-0.05, 0) is 37.2 Å². The largest absolute Gasteiger partial charge is 0.497 e. The average molecular weight is 418 g/mol. The van der Waals surface area contributed by atoms with Crippen molar-refractivity contribution in [3.8, 4) is 22.8 Å². The van der Waals surface area contributed by atoms with Crippen molar-refractivity contribution in [1.82, 2.24) is 14.5 Å². The van der Waals surface area contributed by atoms with Gasteiger partial charge in [-0.15, -0.1) is 0 Å². The lowest BCUT2D eigenvalue weighted by molar-refractivity contribution is 0.394. The van der Waals surface area contributed by atoms with E-state index in [0.29, 0.717) is 6.54 Å². The predicted molar refractivity (Wildman–Crippen MR) is 124 cm³/mol. The number of benzene rings is 2. The van der Waals surface area contributed by atoms with Gasteiger partial charge in [0.1, 0.15) is 11.5 Å². The third-order valence-electron chi connectivity index (χ3n) is 5.20. The molecule has 4 aromatic rings. The van der Waals surface area contributed by atoms with Crippen molar-refractivity contribution >= 4 is 22.4 Å². The molecule has 0 radical (unpaired) electrons. The number of methoxy groups -OCH3 is 2. The molecule has 7 heteroatoms. The molecule has 0 amide bonds. The molecule has 7 nitrogen and oxygen atoms in total. The number of nitrogens with two attached hydrogens (primary N) is 1. The predicted octanol–water partition coefficient (Wildman–Crippen LogP) is 4.14. The van der Waals surface area contributed by atoms with E-state index in [1.807, 2.05) is 60.5 Å². The van der Waals surface area contributed by atoms with Gasteiger partial charge in [0, 0.05) is 61.1 Å². The van der Waals surface area contributed by atoms with E-state index in [-0.39, 0.29) is 0 Å². The zero-order chi connectivity index (χ0) is 21.8. The third-order valence-corrected chi connectivity index (χ3v) is 5.20. The van der Waals surface area contributed by atoms with Crippen LogP contribution in [0, 0.1) is 0 Å². The van der Waals surface area contributed by atoms with Gasteiger partial charge in [-0.25, -0.2) is 4.98 Å². The Bertz CT molecular complexity index is 1170. The van der Waals surface area contributed by atoms with E-state index in [1.54, 1.807) is 14.2 Å². The molecule has 0 saturated heterocycles. The maximum atomic E-state index is 5.82. The fourth-order valence-electron chi connectivity index (χ4n) is 3.57. The standard InChI is InChI=1S/C24H27N5O2/c1-28-10-7-17(16-28)24-15-26-22-6-5-18(13-23(22)27-24)29(9-4-8-25)19-11-20(30-2)14-21(12-19)31-3/h5-7,10-16H,4,8-9,25H2,1-3H3. The normalized spacial score (nSPS) is 11.0. The van der Waals surface area contributed by atoms with Crippen LogP contribution in [0.25, 0.3) is 22.3 Å². The molecular formula is C24H27N5O2. The SMILES string of the molecule is COc1cc(OC)cc(N(CCCN)c2ccc3ncc(-c4ccn(C)c4)nc3c2)c1. The quantitative estimate of drug-likeness (QED) is 0.464. The summed E-state index contributed by atoms with van der Waals surface area (Å²) in [5.41, 5.74) is 11.4. The topological polar surface area (TPSA) is 78.4 Å². The Kier molecular flexibility index (Phi) is 6.04. The van der Waals surface area contributed by atoms with Crippen molar-refractivity contribution in [1.29, 1.82) is 0 Å². The molecule has 0 bridgehead atoms. The summed E-state index contributed by atoms with van der Waals surface area (Å²) in [5.74, 6) is 1.47. The minimum Gasteiger partial charge on any atom is -0.497 e. The smallest absolute Gasteiger partial charge is 0.124 e. The molecule has 0 unspecified atom stereocenters. The molecule has 2 aromatic heterocycles. The number of anilines is 2. The van der Waals surface area contributed by atoms with Crippen LogP contribution in [0.1, 0.15) is 6.42 Å². The number of aromatic nitrogens is 3. The molecule has 160 valence electrons. The summed E-state index contributed by atoms with van der Waals surface area (Å²) in [7, 11) is 5.30. The maximum absolute atomic E-state index is 5.82. The van der Waals surface area contributed by atoms with Gasteiger partial charge in [0.2, 0.25) is 0 Å². The maximum Gasteiger partial charge on any atom is 0.124 e. The van der Waals surface area contributed by atoms with E-state index >= 15 is 0 Å². The molecule has 0 atom stereocenters. The molecule has 0 aliphatic carbocycles. The van der Waals surface area contributed by atoms with Crippen LogP contribution >= 0.6 is 0 Å². The van der Waals surface area contributed by atoms with Gasteiger partial charge < -0.3 is 24.7 Å². The molecule has 0 aliphatic heterocycles. The number of aryl methyl sites for hydroxylation is 1. The minimum atomic E-state index is 0.600. The number of fused-ring (bicyclic) bond motifs is 1. The molecular weight excluding hydrogens is 390 g/mol. The molecule has 2 aromatic carbocycles. The Hall–Kier alpha value is -3.58. The van der Waals surface area contributed by atoms with E-state index < -0.39 is 0 Å². The van der Waals surface area contributed by atoms with E-state index in [2.05, 4.69) is 22.0 Å². The number of rotatable bonds is 8. The number of hydrogen-bond donors (Lipinski definition) is 1. The molecule has 2 heterocycles. The lowest BCUT2D eigenvalue weighted by atomic mass is 10.1. The molecule has 0 saturated carbocycles. The Balaban J connectivity index is 1.78. The van der Waals surface area contributed by atoms with Crippen LogP contribution in [0.2, 0.25) is 0 Å². The van der Waals surface area contributed by atoms with Gasteiger partial charge in [-0.3, -0.25) is 4.98 Å². The number of ether oxygens (including phenoxy) is 2. The number of hydrogen-bond acceptors (Lipinski definition) is 6. The van der Waals surface area contributed by atoms with Crippen LogP contribution in [-0.2, 0) is 7.05 Å². The minimum absolute atomic E-state index is 0.600. The van der Waals surface area contributed by atoms with E-state index in [9.17, 15) is 0 Å². The van der Waals surface area contributed by atoms with Gasteiger partial charge in [0.25, 0.3) is 0 Å². The summed E-state index contributed by atoms with van der Waals surface area (Å²) < 4.78 is 12.9.